The Morgan fingerprint density at radius 3 is 2.91 bits per heavy atom. The smallest absolute Gasteiger partial charge is 0.276 e. The number of aromatic nitrogens is 2. The van der Waals surface area contributed by atoms with E-state index in [2.05, 4.69) is 15.5 Å². The van der Waals surface area contributed by atoms with E-state index in [-0.39, 0.29) is 29.7 Å². The molecule has 120 valence electrons. The maximum atomic E-state index is 12.5. The average Bonchev–Trinajstić information content (AvgIpc) is 3.16. The number of H-pyrrole nitrogens is 1. The number of nitrogens with zero attached hydrogens (tertiary/aromatic N) is 1. The van der Waals surface area contributed by atoms with Gasteiger partial charge in [0.05, 0.1) is 5.52 Å². The Labute approximate surface area is 132 Å². The van der Waals surface area contributed by atoms with Crippen LogP contribution < -0.4 is 10.7 Å². The van der Waals surface area contributed by atoms with Crippen LogP contribution in [0.3, 0.4) is 0 Å². The van der Waals surface area contributed by atoms with E-state index in [9.17, 15) is 14.7 Å². The fraction of sp³-hybridized carbons (Fsp3) is 0.471. The second kappa shape index (κ2) is 5.45. The van der Waals surface area contributed by atoms with Gasteiger partial charge in [-0.15, -0.1) is 0 Å². The predicted octanol–water partition coefficient (Wildman–Crippen LogP) is 1.06. The summed E-state index contributed by atoms with van der Waals surface area (Å²) >= 11 is 0. The zero-order valence-electron chi connectivity index (χ0n) is 12.7. The van der Waals surface area contributed by atoms with Gasteiger partial charge in [0, 0.05) is 24.0 Å². The minimum atomic E-state index is -0.451. The highest BCUT2D eigenvalue weighted by Gasteiger charge is 2.47. The van der Waals surface area contributed by atoms with Gasteiger partial charge >= 0.3 is 0 Å². The molecule has 0 spiro atoms. The molecule has 1 amide bonds. The number of aliphatic hydroxyl groups excluding tert-OH is 1. The van der Waals surface area contributed by atoms with Crippen molar-refractivity contribution in [1.29, 1.82) is 0 Å². The van der Waals surface area contributed by atoms with Crippen LogP contribution in [0.2, 0.25) is 0 Å². The highest BCUT2D eigenvalue weighted by atomic mass is 16.3. The maximum absolute atomic E-state index is 12.5. The van der Waals surface area contributed by atoms with Gasteiger partial charge in [-0.05, 0) is 43.2 Å². The summed E-state index contributed by atoms with van der Waals surface area (Å²) in [6, 6.07) is 6.95. The monoisotopic (exact) mass is 313 g/mol. The molecule has 2 aromatic rings. The first-order valence-corrected chi connectivity index (χ1v) is 8.08. The van der Waals surface area contributed by atoms with Gasteiger partial charge in [0.15, 0.2) is 5.69 Å². The molecule has 2 fully saturated rings. The van der Waals surface area contributed by atoms with Crippen molar-refractivity contribution in [3.05, 3.63) is 40.2 Å². The standard InChI is InChI=1S/C17H19N3O3/c21-8-12-9-5-6-10(7-9)14(12)18-17(23)15-16(22)11-3-1-2-4-13(11)19-20-15/h1-4,9-10,12,14,21H,5-8H2,(H,18,23)(H,19,22). The van der Waals surface area contributed by atoms with Crippen LogP contribution in [0.4, 0.5) is 0 Å². The van der Waals surface area contributed by atoms with E-state index in [0.29, 0.717) is 22.7 Å². The minimum Gasteiger partial charge on any atom is -0.396 e. The van der Waals surface area contributed by atoms with E-state index >= 15 is 0 Å². The lowest BCUT2D eigenvalue weighted by atomic mass is 9.85. The number of hydrogen-bond acceptors (Lipinski definition) is 4. The normalized spacial score (nSPS) is 29.1. The zero-order chi connectivity index (χ0) is 16.0. The molecule has 2 bridgehead atoms. The molecule has 3 N–H and O–H groups in total. The van der Waals surface area contributed by atoms with Gasteiger partial charge in [0.25, 0.3) is 5.91 Å². The van der Waals surface area contributed by atoms with Crippen molar-refractivity contribution in [3.63, 3.8) is 0 Å². The number of amides is 1. The van der Waals surface area contributed by atoms with Crippen molar-refractivity contribution in [1.82, 2.24) is 15.5 Å². The molecule has 6 nitrogen and oxygen atoms in total. The third-order valence-corrected chi connectivity index (χ3v) is 5.49. The molecule has 4 unspecified atom stereocenters. The second-order valence-corrected chi connectivity index (χ2v) is 6.63. The lowest BCUT2D eigenvalue weighted by Crippen LogP contribution is -2.46. The molecule has 0 aliphatic heterocycles. The van der Waals surface area contributed by atoms with E-state index < -0.39 is 5.91 Å². The van der Waals surface area contributed by atoms with Gasteiger partial charge in [-0.3, -0.25) is 14.7 Å². The first-order chi connectivity index (χ1) is 11.2. The van der Waals surface area contributed by atoms with Crippen LogP contribution in [0.1, 0.15) is 29.8 Å². The van der Waals surface area contributed by atoms with E-state index in [1.807, 2.05) is 0 Å². The van der Waals surface area contributed by atoms with Crippen molar-refractivity contribution >= 4 is 16.8 Å². The Kier molecular flexibility index (Phi) is 3.41. The van der Waals surface area contributed by atoms with Crippen LogP contribution in [-0.4, -0.2) is 33.9 Å². The Hall–Kier alpha value is -2.21. The van der Waals surface area contributed by atoms with Crippen molar-refractivity contribution < 1.29 is 9.90 Å². The number of carbonyl (C=O) groups excluding carboxylic acids is 1. The van der Waals surface area contributed by atoms with Gasteiger partial charge in [-0.1, -0.05) is 12.1 Å². The number of para-hydroxylation sites is 1. The summed E-state index contributed by atoms with van der Waals surface area (Å²) in [5.74, 6) is 0.532. The summed E-state index contributed by atoms with van der Waals surface area (Å²) in [7, 11) is 0. The summed E-state index contributed by atoms with van der Waals surface area (Å²) in [5, 5.41) is 19.7. The van der Waals surface area contributed by atoms with Gasteiger partial charge in [0.2, 0.25) is 5.43 Å². The van der Waals surface area contributed by atoms with Gasteiger partial charge in [0.1, 0.15) is 0 Å². The van der Waals surface area contributed by atoms with E-state index in [0.717, 1.165) is 19.3 Å². The Morgan fingerprint density at radius 1 is 1.30 bits per heavy atom. The highest BCUT2D eigenvalue weighted by molar-refractivity contribution is 5.95. The van der Waals surface area contributed by atoms with Crippen LogP contribution in [0.5, 0.6) is 0 Å². The van der Waals surface area contributed by atoms with Crippen LogP contribution >= 0.6 is 0 Å². The lowest BCUT2D eigenvalue weighted by molar-refractivity contribution is 0.0854. The molecular weight excluding hydrogens is 294 g/mol. The first-order valence-electron chi connectivity index (χ1n) is 8.08. The van der Waals surface area contributed by atoms with Crippen molar-refractivity contribution in [3.8, 4) is 0 Å². The van der Waals surface area contributed by atoms with Crippen LogP contribution in [0, 0.1) is 17.8 Å². The first kappa shape index (κ1) is 14.4. The van der Waals surface area contributed by atoms with E-state index in [4.69, 9.17) is 0 Å². The van der Waals surface area contributed by atoms with Crippen molar-refractivity contribution in [2.24, 2.45) is 17.8 Å². The number of aromatic amines is 1. The van der Waals surface area contributed by atoms with Crippen LogP contribution in [-0.2, 0) is 0 Å². The molecule has 23 heavy (non-hydrogen) atoms. The quantitative estimate of drug-likeness (QED) is 0.789. The number of aliphatic hydroxyl groups is 1. The van der Waals surface area contributed by atoms with Crippen molar-refractivity contribution in [2.45, 2.75) is 25.3 Å². The SMILES string of the molecule is O=C(NC1C2CCC(C2)C1CO)c1n[nH]c2ccccc2c1=O. The third kappa shape index (κ3) is 2.25. The van der Waals surface area contributed by atoms with Crippen molar-refractivity contribution in [2.75, 3.05) is 6.61 Å². The molecule has 1 aromatic carbocycles. The number of hydrogen-bond donors (Lipinski definition) is 3. The molecule has 0 radical (unpaired) electrons. The van der Waals surface area contributed by atoms with Gasteiger partial charge in [-0.2, -0.15) is 5.10 Å². The zero-order valence-corrected chi connectivity index (χ0v) is 12.7. The summed E-state index contributed by atoms with van der Waals surface area (Å²) < 4.78 is 0. The largest absolute Gasteiger partial charge is 0.396 e. The molecule has 4 rings (SSSR count). The minimum absolute atomic E-state index is 0.0566. The molecule has 2 aliphatic carbocycles. The molecule has 0 saturated heterocycles. The molecule has 1 heterocycles. The van der Waals surface area contributed by atoms with Gasteiger partial charge in [-0.25, -0.2) is 0 Å². The summed E-state index contributed by atoms with van der Waals surface area (Å²) in [6.45, 7) is 0.0770. The molecule has 6 heteroatoms. The molecule has 2 saturated carbocycles. The molecule has 4 atom stereocenters. The Balaban J connectivity index is 1.63. The van der Waals surface area contributed by atoms with Crippen LogP contribution in [0.15, 0.2) is 29.1 Å². The van der Waals surface area contributed by atoms with Gasteiger partial charge < -0.3 is 10.4 Å². The fourth-order valence-corrected chi connectivity index (χ4v) is 4.34. The number of carbonyl (C=O) groups is 1. The predicted molar refractivity (Wildman–Crippen MR) is 85.0 cm³/mol. The Bertz CT molecular complexity index is 816. The third-order valence-electron chi connectivity index (χ3n) is 5.49. The number of fused-ring (bicyclic) bond motifs is 3. The maximum Gasteiger partial charge on any atom is 0.276 e. The number of nitrogens with one attached hydrogen (secondary N) is 2. The average molecular weight is 313 g/mol. The fourth-order valence-electron chi connectivity index (χ4n) is 4.34. The van der Waals surface area contributed by atoms with Crippen LogP contribution in [0.25, 0.3) is 10.9 Å². The Morgan fingerprint density at radius 2 is 2.09 bits per heavy atom. The lowest BCUT2D eigenvalue weighted by Gasteiger charge is -2.30. The van der Waals surface area contributed by atoms with E-state index in [1.54, 1.807) is 24.3 Å². The molecule has 2 aliphatic rings. The summed E-state index contributed by atoms with van der Waals surface area (Å²) in [6.07, 6.45) is 3.25. The highest BCUT2D eigenvalue weighted by Crippen LogP contribution is 2.48. The number of benzene rings is 1. The topological polar surface area (TPSA) is 95.1 Å². The molecular formula is C17H19N3O3. The van der Waals surface area contributed by atoms with E-state index in [1.165, 1.54) is 0 Å². The second-order valence-electron chi connectivity index (χ2n) is 6.63. The summed E-state index contributed by atoms with van der Waals surface area (Å²) in [4.78, 5) is 25.0. The number of rotatable bonds is 3. The summed E-state index contributed by atoms with van der Waals surface area (Å²) in [5.41, 5.74) is 0.144. The molecule has 1 aromatic heterocycles.